The minimum Gasteiger partial charge on any atom is -0.469 e. The number of hydrogen-bond acceptors (Lipinski definition) is 5. The van der Waals surface area contributed by atoms with Gasteiger partial charge < -0.3 is 9.64 Å². The topological polar surface area (TPSA) is 89.7 Å². The number of sulfonamides is 1. The molecule has 1 aromatic rings. The van der Waals surface area contributed by atoms with Gasteiger partial charge in [-0.05, 0) is 18.2 Å². The van der Waals surface area contributed by atoms with Crippen LogP contribution in [0.2, 0.25) is 0 Å². The monoisotopic (exact) mass is 290 g/mol. The average Bonchev–Trinajstić information content (AvgIpc) is 2.34. The second-order valence-electron chi connectivity index (χ2n) is 3.91. The maximum atomic E-state index is 13.8. The molecule has 0 unspecified atom stereocenters. The van der Waals surface area contributed by atoms with E-state index >= 15 is 0 Å². The number of rotatable bonds is 5. The molecule has 19 heavy (non-hydrogen) atoms. The van der Waals surface area contributed by atoms with Gasteiger partial charge >= 0.3 is 5.97 Å². The van der Waals surface area contributed by atoms with E-state index in [0.717, 1.165) is 6.07 Å². The van der Waals surface area contributed by atoms with Gasteiger partial charge in [0.05, 0.1) is 24.1 Å². The quantitative estimate of drug-likeness (QED) is 0.796. The van der Waals surface area contributed by atoms with E-state index < -0.39 is 21.8 Å². The standard InChI is InChI=1S/C11H15FN2O4S/c1-14(6-5-11(15)18-2)10-4-3-8(7-9(10)12)19(13,16)17/h3-4,7H,5-6H2,1-2H3,(H2,13,16,17). The van der Waals surface area contributed by atoms with Gasteiger partial charge in [-0.15, -0.1) is 0 Å². The van der Waals surface area contributed by atoms with Crippen LogP contribution in [-0.2, 0) is 19.6 Å². The van der Waals surface area contributed by atoms with Crippen molar-refractivity contribution in [2.45, 2.75) is 11.3 Å². The maximum absolute atomic E-state index is 13.8. The first kappa shape index (κ1) is 15.4. The highest BCUT2D eigenvalue weighted by Gasteiger charge is 2.14. The highest BCUT2D eigenvalue weighted by atomic mass is 32.2. The largest absolute Gasteiger partial charge is 0.469 e. The van der Waals surface area contributed by atoms with Gasteiger partial charge in [0.2, 0.25) is 10.0 Å². The molecule has 0 aliphatic heterocycles. The van der Waals surface area contributed by atoms with Gasteiger partial charge in [-0.2, -0.15) is 0 Å². The lowest BCUT2D eigenvalue weighted by atomic mass is 10.2. The Bertz CT molecular complexity index is 574. The third-order valence-corrected chi connectivity index (χ3v) is 3.45. The number of esters is 1. The Labute approximate surface area is 111 Å². The molecule has 0 aliphatic carbocycles. The van der Waals surface area contributed by atoms with Crippen LogP contribution in [0.15, 0.2) is 23.1 Å². The first-order valence-electron chi connectivity index (χ1n) is 5.36. The van der Waals surface area contributed by atoms with E-state index in [4.69, 9.17) is 5.14 Å². The maximum Gasteiger partial charge on any atom is 0.307 e. The number of methoxy groups -OCH3 is 1. The number of nitrogens with zero attached hydrogens (tertiary/aromatic N) is 1. The van der Waals surface area contributed by atoms with Crippen molar-refractivity contribution in [3.8, 4) is 0 Å². The first-order valence-corrected chi connectivity index (χ1v) is 6.90. The summed E-state index contributed by atoms with van der Waals surface area (Å²) in [4.78, 5) is 12.2. The van der Waals surface area contributed by atoms with E-state index in [0.29, 0.717) is 0 Å². The molecule has 0 radical (unpaired) electrons. The van der Waals surface area contributed by atoms with Gasteiger partial charge in [0.1, 0.15) is 5.82 Å². The second-order valence-corrected chi connectivity index (χ2v) is 5.47. The SMILES string of the molecule is COC(=O)CCN(C)c1ccc(S(N)(=O)=O)cc1F. The van der Waals surface area contributed by atoms with Crippen LogP contribution in [0.5, 0.6) is 0 Å². The van der Waals surface area contributed by atoms with Crippen molar-refractivity contribution in [3.63, 3.8) is 0 Å². The zero-order chi connectivity index (χ0) is 14.6. The molecule has 1 aromatic carbocycles. The molecule has 0 saturated carbocycles. The fourth-order valence-corrected chi connectivity index (χ4v) is 1.98. The Morgan fingerprint density at radius 2 is 2.11 bits per heavy atom. The van der Waals surface area contributed by atoms with Crippen LogP contribution in [-0.4, -0.2) is 35.1 Å². The summed E-state index contributed by atoms with van der Waals surface area (Å²) in [5, 5.41) is 4.90. The molecule has 6 nitrogen and oxygen atoms in total. The third-order valence-electron chi connectivity index (χ3n) is 2.54. The van der Waals surface area contributed by atoms with Crippen LogP contribution >= 0.6 is 0 Å². The van der Waals surface area contributed by atoms with Crippen molar-refractivity contribution in [3.05, 3.63) is 24.0 Å². The van der Waals surface area contributed by atoms with Crippen molar-refractivity contribution in [1.82, 2.24) is 0 Å². The van der Waals surface area contributed by atoms with E-state index in [-0.39, 0.29) is 23.5 Å². The van der Waals surface area contributed by atoms with E-state index in [2.05, 4.69) is 4.74 Å². The van der Waals surface area contributed by atoms with Gasteiger partial charge in [-0.1, -0.05) is 0 Å². The number of anilines is 1. The summed E-state index contributed by atoms with van der Waals surface area (Å²) in [6.07, 6.45) is 0.101. The van der Waals surface area contributed by atoms with E-state index in [1.165, 1.54) is 24.1 Å². The minimum atomic E-state index is -3.93. The summed E-state index contributed by atoms with van der Waals surface area (Å²) in [7, 11) is -1.08. The van der Waals surface area contributed by atoms with Crippen LogP contribution in [0.4, 0.5) is 10.1 Å². The molecular formula is C11H15FN2O4S. The third kappa shape index (κ3) is 4.18. The number of nitrogens with two attached hydrogens (primary N) is 1. The molecule has 0 spiro atoms. The van der Waals surface area contributed by atoms with Crippen LogP contribution < -0.4 is 10.0 Å². The molecule has 0 amide bonds. The number of halogens is 1. The van der Waals surface area contributed by atoms with Gasteiger partial charge in [0.25, 0.3) is 0 Å². The lowest BCUT2D eigenvalue weighted by molar-refractivity contribution is -0.140. The molecule has 106 valence electrons. The fourth-order valence-electron chi connectivity index (χ4n) is 1.46. The molecule has 0 aromatic heterocycles. The molecule has 2 N–H and O–H groups in total. The van der Waals surface area contributed by atoms with Crippen LogP contribution in [0, 0.1) is 5.82 Å². The summed E-state index contributed by atoms with van der Waals surface area (Å²) in [6, 6.07) is 3.36. The van der Waals surface area contributed by atoms with E-state index in [1.54, 1.807) is 7.05 Å². The van der Waals surface area contributed by atoms with Crippen LogP contribution in [0.25, 0.3) is 0 Å². The Hall–Kier alpha value is -1.67. The highest BCUT2D eigenvalue weighted by molar-refractivity contribution is 7.89. The Morgan fingerprint density at radius 1 is 1.47 bits per heavy atom. The summed E-state index contributed by atoms with van der Waals surface area (Å²) in [5.41, 5.74) is 0.177. The summed E-state index contributed by atoms with van der Waals surface area (Å²) in [6.45, 7) is 0.248. The molecule has 0 fully saturated rings. The van der Waals surface area contributed by atoms with Gasteiger partial charge in [-0.25, -0.2) is 17.9 Å². The number of carbonyl (C=O) groups is 1. The average molecular weight is 290 g/mol. The van der Waals surface area contributed by atoms with Gasteiger partial charge in [0, 0.05) is 13.6 Å². The predicted molar refractivity (Wildman–Crippen MR) is 67.7 cm³/mol. The normalized spacial score (nSPS) is 11.2. The van der Waals surface area contributed by atoms with Crippen molar-refractivity contribution in [2.24, 2.45) is 5.14 Å². The van der Waals surface area contributed by atoms with Crippen molar-refractivity contribution in [2.75, 3.05) is 25.6 Å². The molecule has 1 rings (SSSR count). The molecule has 0 heterocycles. The van der Waals surface area contributed by atoms with Crippen molar-refractivity contribution in [1.29, 1.82) is 0 Å². The highest BCUT2D eigenvalue weighted by Crippen LogP contribution is 2.21. The van der Waals surface area contributed by atoms with Gasteiger partial charge in [0.15, 0.2) is 0 Å². The number of primary sulfonamides is 1. The fraction of sp³-hybridized carbons (Fsp3) is 0.364. The molecule has 0 aliphatic rings. The predicted octanol–water partition coefficient (Wildman–Crippen LogP) is 0.472. The number of carbonyl (C=O) groups excluding carboxylic acids is 1. The van der Waals surface area contributed by atoms with Crippen molar-refractivity contribution < 1.29 is 22.3 Å². The zero-order valence-corrected chi connectivity index (χ0v) is 11.4. The Morgan fingerprint density at radius 3 is 2.58 bits per heavy atom. The number of benzene rings is 1. The number of ether oxygens (including phenoxy) is 1. The first-order chi connectivity index (χ1) is 8.75. The molecule has 0 bridgehead atoms. The molecule has 0 saturated heterocycles. The van der Waals surface area contributed by atoms with Gasteiger partial charge in [-0.3, -0.25) is 4.79 Å². The summed E-state index contributed by atoms with van der Waals surface area (Å²) >= 11 is 0. The van der Waals surface area contributed by atoms with Crippen LogP contribution in [0.3, 0.4) is 0 Å². The Balaban J connectivity index is 2.88. The lowest BCUT2D eigenvalue weighted by Crippen LogP contribution is -2.23. The van der Waals surface area contributed by atoms with E-state index in [1.807, 2.05) is 0 Å². The lowest BCUT2D eigenvalue weighted by Gasteiger charge is -2.19. The van der Waals surface area contributed by atoms with Crippen molar-refractivity contribution >= 4 is 21.7 Å². The summed E-state index contributed by atoms with van der Waals surface area (Å²) < 4.78 is 40.3. The molecule has 8 heteroatoms. The summed E-state index contributed by atoms with van der Waals surface area (Å²) in [5.74, 6) is -1.13. The van der Waals surface area contributed by atoms with E-state index in [9.17, 15) is 17.6 Å². The molecule has 0 atom stereocenters. The minimum absolute atomic E-state index is 0.101. The zero-order valence-electron chi connectivity index (χ0n) is 10.6. The number of hydrogen-bond donors (Lipinski definition) is 1. The Kier molecular flexibility index (Phi) is 4.84. The van der Waals surface area contributed by atoms with Crippen LogP contribution in [0.1, 0.15) is 6.42 Å². The molecular weight excluding hydrogens is 275 g/mol. The second kappa shape index (κ2) is 5.98. The smallest absolute Gasteiger partial charge is 0.307 e.